The van der Waals surface area contributed by atoms with E-state index in [1.165, 1.54) is 18.3 Å². The van der Waals surface area contributed by atoms with Gasteiger partial charge in [0.05, 0.1) is 11.8 Å². The van der Waals surface area contributed by atoms with Crippen LogP contribution in [0.3, 0.4) is 0 Å². The minimum Gasteiger partial charge on any atom is -0.487 e. The third kappa shape index (κ3) is 3.51. The zero-order chi connectivity index (χ0) is 13.8. The summed E-state index contributed by atoms with van der Waals surface area (Å²) in [6.07, 6.45) is 3.11. The molecule has 0 fully saturated rings. The van der Waals surface area contributed by atoms with Gasteiger partial charge in [0.1, 0.15) is 18.2 Å². The van der Waals surface area contributed by atoms with E-state index in [1.807, 2.05) is 0 Å². The Morgan fingerprint density at radius 2 is 2.16 bits per heavy atom. The average Bonchev–Trinajstić information content (AvgIpc) is 2.37. The molecule has 0 bridgehead atoms. The van der Waals surface area contributed by atoms with Crippen molar-refractivity contribution in [3.8, 4) is 5.75 Å². The van der Waals surface area contributed by atoms with Crippen LogP contribution in [-0.2, 0) is 6.61 Å². The summed E-state index contributed by atoms with van der Waals surface area (Å²) in [4.78, 5) is 14.6. The van der Waals surface area contributed by atoms with Crippen LogP contribution in [0.15, 0.2) is 41.1 Å². The number of nitrogens with zero attached hydrogens (tertiary/aromatic N) is 1. The molecule has 2 rings (SSSR count). The third-order valence-electron chi connectivity index (χ3n) is 2.37. The van der Waals surface area contributed by atoms with E-state index in [2.05, 4.69) is 20.9 Å². The highest BCUT2D eigenvalue weighted by molar-refractivity contribution is 9.10. The average molecular weight is 326 g/mol. The predicted molar refractivity (Wildman–Crippen MR) is 69.6 cm³/mol. The van der Waals surface area contributed by atoms with Gasteiger partial charge in [0.25, 0.3) is 0 Å². The molecule has 0 aliphatic heterocycles. The molecule has 1 N–H and O–H groups in total. The molecule has 19 heavy (non-hydrogen) atoms. The summed E-state index contributed by atoms with van der Waals surface area (Å²) in [5.41, 5.74) is 0.190. The number of benzene rings is 1. The lowest BCUT2D eigenvalue weighted by Crippen LogP contribution is -2.02. The van der Waals surface area contributed by atoms with Gasteiger partial charge in [-0.05, 0) is 34.1 Å². The van der Waals surface area contributed by atoms with Crippen LogP contribution >= 0.6 is 15.9 Å². The van der Waals surface area contributed by atoms with Crippen LogP contribution in [0.1, 0.15) is 15.9 Å². The van der Waals surface area contributed by atoms with Gasteiger partial charge >= 0.3 is 5.97 Å². The Labute approximate surface area is 117 Å². The summed E-state index contributed by atoms with van der Waals surface area (Å²) in [6, 6.07) is 5.41. The second-order valence-electron chi connectivity index (χ2n) is 3.74. The third-order valence-corrected chi connectivity index (χ3v) is 2.81. The molecule has 2 aromatic rings. The lowest BCUT2D eigenvalue weighted by Gasteiger charge is -2.07. The molecule has 0 spiro atoms. The van der Waals surface area contributed by atoms with Gasteiger partial charge in [0, 0.05) is 16.2 Å². The van der Waals surface area contributed by atoms with Crippen LogP contribution in [0.2, 0.25) is 0 Å². The molecular weight excluding hydrogens is 317 g/mol. The van der Waals surface area contributed by atoms with Gasteiger partial charge in [-0.1, -0.05) is 6.07 Å². The number of aromatic nitrogens is 1. The van der Waals surface area contributed by atoms with Crippen molar-refractivity contribution in [1.82, 2.24) is 4.98 Å². The fourth-order valence-electron chi connectivity index (χ4n) is 1.43. The van der Waals surface area contributed by atoms with Crippen molar-refractivity contribution in [2.75, 3.05) is 0 Å². The van der Waals surface area contributed by atoms with Crippen molar-refractivity contribution >= 4 is 21.9 Å². The van der Waals surface area contributed by atoms with E-state index in [4.69, 9.17) is 9.84 Å². The molecule has 0 saturated heterocycles. The molecule has 98 valence electrons. The summed E-state index contributed by atoms with van der Waals surface area (Å²) in [5, 5.41) is 8.73. The van der Waals surface area contributed by atoms with Gasteiger partial charge in [-0.3, -0.25) is 4.98 Å². The molecule has 0 atom stereocenters. The maximum atomic E-state index is 13.6. The maximum Gasteiger partial charge on any atom is 0.335 e. The van der Waals surface area contributed by atoms with E-state index in [0.29, 0.717) is 5.75 Å². The molecule has 1 aromatic carbocycles. The summed E-state index contributed by atoms with van der Waals surface area (Å²) in [5.74, 6) is -1.28. The Morgan fingerprint density at radius 1 is 1.37 bits per heavy atom. The van der Waals surface area contributed by atoms with Gasteiger partial charge in [-0.15, -0.1) is 0 Å². The minimum absolute atomic E-state index is 0.00384. The second kappa shape index (κ2) is 5.79. The van der Waals surface area contributed by atoms with Crippen molar-refractivity contribution in [3.63, 3.8) is 0 Å². The number of aromatic carboxylic acids is 1. The number of carboxylic acid groups (broad SMARTS) is 1. The summed E-state index contributed by atoms with van der Waals surface area (Å²) >= 11 is 3.25. The van der Waals surface area contributed by atoms with Crippen LogP contribution in [0, 0.1) is 5.82 Å². The zero-order valence-electron chi connectivity index (χ0n) is 9.64. The summed E-state index contributed by atoms with van der Waals surface area (Å²) in [7, 11) is 0. The number of halogens is 2. The molecule has 0 amide bonds. The first-order valence-corrected chi connectivity index (χ1v) is 6.10. The Balaban J connectivity index is 2.10. The topological polar surface area (TPSA) is 59.4 Å². The number of hydrogen-bond donors (Lipinski definition) is 1. The molecule has 4 nitrogen and oxygen atoms in total. The van der Waals surface area contributed by atoms with Crippen molar-refractivity contribution in [1.29, 1.82) is 0 Å². The fourth-order valence-corrected chi connectivity index (χ4v) is 1.77. The lowest BCUT2D eigenvalue weighted by atomic mass is 10.1. The predicted octanol–water partition coefficient (Wildman–Crippen LogP) is 3.26. The van der Waals surface area contributed by atoms with E-state index < -0.39 is 11.8 Å². The molecule has 1 heterocycles. The first-order chi connectivity index (χ1) is 9.06. The highest BCUT2D eigenvalue weighted by Gasteiger charge is 2.09. The number of pyridine rings is 1. The SMILES string of the molecule is O=C(O)c1ccc(COc2cncc(Br)c2)c(F)c1. The standard InChI is InChI=1S/C13H9BrFNO3/c14-10-4-11(6-16-5-10)19-7-9-2-1-8(13(17)18)3-12(9)15/h1-6H,7H2,(H,17,18). The zero-order valence-corrected chi connectivity index (χ0v) is 11.2. The van der Waals surface area contributed by atoms with E-state index in [9.17, 15) is 9.18 Å². The van der Waals surface area contributed by atoms with E-state index in [0.717, 1.165) is 10.5 Å². The lowest BCUT2D eigenvalue weighted by molar-refractivity contribution is 0.0696. The molecule has 0 aliphatic carbocycles. The van der Waals surface area contributed by atoms with Crippen molar-refractivity contribution in [2.45, 2.75) is 6.61 Å². The highest BCUT2D eigenvalue weighted by atomic mass is 79.9. The van der Waals surface area contributed by atoms with Crippen LogP contribution < -0.4 is 4.74 Å². The van der Waals surface area contributed by atoms with E-state index >= 15 is 0 Å². The van der Waals surface area contributed by atoms with E-state index in [1.54, 1.807) is 12.3 Å². The Bertz CT molecular complexity index is 619. The van der Waals surface area contributed by atoms with Crippen molar-refractivity contribution in [2.24, 2.45) is 0 Å². The number of rotatable bonds is 4. The smallest absolute Gasteiger partial charge is 0.335 e. The molecule has 6 heteroatoms. The number of ether oxygens (including phenoxy) is 1. The van der Waals surface area contributed by atoms with Crippen LogP contribution in [0.5, 0.6) is 5.75 Å². The first-order valence-electron chi connectivity index (χ1n) is 5.31. The minimum atomic E-state index is -1.16. The van der Waals surface area contributed by atoms with Gasteiger partial charge in [0.2, 0.25) is 0 Å². The largest absolute Gasteiger partial charge is 0.487 e. The molecule has 0 unspecified atom stereocenters. The Kier molecular flexibility index (Phi) is 4.11. The first kappa shape index (κ1) is 13.5. The number of hydrogen-bond acceptors (Lipinski definition) is 3. The van der Waals surface area contributed by atoms with Crippen molar-refractivity contribution < 1.29 is 19.0 Å². The van der Waals surface area contributed by atoms with Crippen LogP contribution in [0.4, 0.5) is 4.39 Å². The second-order valence-corrected chi connectivity index (χ2v) is 4.65. The van der Waals surface area contributed by atoms with Gasteiger partial charge in [-0.25, -0.2) is 9.18 Å². The Hall–Kier alpha value is -1.95. The number of carboxylic acids is 1. The summed E-state index contributed by atoms with van der Waals surface area (Å²) < 4.78 is 19.8. The van der Waals surface area contributed by atoms with Crippen LogP contribution in [0.25, 0.3) is 0 Å². The molecule has 0 radical (unpaired) electrons. The number of carbonyl (C=O) groups is 1. The fraction of sp³-hybridized carbons (Fsp3) is 0.0769. The van der Waals surface area contributed by atoms with E-state index in [-0.39, 0.29) is 17.7 Å². The normalized spacial score (nSPS) is 10.2. The maximum absolute atomic E-state index is 13.6. The highest BCUT2D eigenvalue weighted by Crippen LogP contribution is 2.18. The quantitative estimate of drug-likeness (QED) is 0.937. The van der Waals surface area contributed by atoms with Crippen LogP contribution in [-0.4, -0.2) is 16.1 Å². The summed E-state index contributed by atoms with van der Waals surface area (Å²) in [6.45, 7) is 0.00384. The molecule has 0 aliphatic rings. The van der Waals surface area contributed by atoms with Gasteiger partial charge in [0.15, 0.2) is 0 Å². The molecular formula is C13H9BrFNO3. The monoisotopic (exact) mass is 325 g/mol. The van der Waals surface area contributed by atoms with Crippen molar-refractivity contribution in [3.05, 3.63) is 58.1 Å². The molecule has 0 saturated carbocycles. The van der Waals surface area contributed by atoms with Gasteiger partial charge in [-0.2, -0.15) is 0 Å². The van der Waals surface area contributed by atoms with Gasteiger partial charge < -0.3 is 9.84 Å². The molecule has 1 aromatic heterocycles. The Morgan fingerprint density at radius 3 is 2.79 bits per heavy atom.